The van der Waals surface area contributed by atoms with Crippen LogP contribution < -0.4 is 0 Å². The van der Waals surface area contributed by atoms with Gasteiger partial charge in [-0.2, -0.15) is 0 Å². The third kappa shape index (κ3) is 10.3. The van der Waals surface area contributed by atoms with Crippen LogP contribution in [0.25, 0.3) is 0 Å². The van der Waals surface area contributed by atoms with E-state index >= 15 is 0 Å². The molecule has 0 aromatic heterocycles. The monoisotopic (exact) mass is 290 g/mol. The molecule has 0 radical (unpaired) electrons. The van der Waals surface area contributed by atoms with Gasteiger partial charge < -0.3 is 18.9 Å². The van der Waals surface area contributed by atoms with Crippen LogP contribution in [0.5, 0.6) is 0 Å². The minimum absolute atomic E-state index is 0.0338. The number of methoxy groups -OCH3 is 2. The fourth-order valence-corrected chi connectivity index (χ4v) is 1.78. The second-order valence-corrected chi connectivity index (χ2v) is 4.99. The number of Topliss-reactive ketones (excluding diaryl/α,β-unsaturated/α-hetero) is 1. The van der Waals surface area contributed by atoms with Gasteiger partial charge in [-0.3, -0.25) is 4.79 Å². The van der Waals surface area contributed by atoms with Crippen molar-refractivity contribution < 1.29 is 23.7 Å². The van der Waals surface area contributed by atoms with Crippen molar-refractivity contribution in [2.75, 3.05) is 53.9 Å². The van der Waals surface area contributed by atoms with E-state index in [4.69, 9.17) is 18.9 Å². The van der Waals surface area contributed by atoms with Crippen LogP contribution >= 0.6 is 0 Å². The van der Waals surface area contributed by atoms with Gasteiger partial charge in [0.05, 0.1) is 26.4 Å². The van der Waals surface area contributed by atoms with Crippen molar-refractivity contribution in [2.24, 2.45) is 11.8 Å². The summed E-state index contributed by atoms with van der Waals surface area (Å²) in [5.41, 5.74) is 0. The third-order valence-corrected chi connectivity index (χ3v) is 3.23. The Hall–Kier alpha value is -0.490. The Morgan fingerprint density at radius 3 is 1.50 bits per heavy atom. The lowest BCUT2D eigenvalue weighted by molar-refractivity contribution is -0.127. The van der Waals surface area contributed by atoms with E-state index in [1.807, 2.05) is 13.8 Å². The normalized spacial score (nSPS) is 14.2. The summed E-state index contributed by atoms with van der Waals surface area (Å²) in [7, 11) is 3.29. The zero-order chi connectivity index (χ0) is 15.2. The van der Waals surface area contributed by atoms with Crippen LogP contribution in [0.15, 0.2) is 0 Å². The highest BCUT2D eigenvalue weighted by Crippen LogP contribution is 2.14. The first-order chi connectivity index (χ1) is 9.63. The fraction of sp³-hybridized carbons (Fsp3) is 0.933. The molecule has 5 heteroatoms. The average Bonchev–Trinajstić information content (AvgIpc) is 2.45. The molecule has 0 aromatic carbocycles. The lowest BCUT2D eigenvalue weighted by atomic mass is 9.91. The molecule has 0 rings (SSSR count). The van der Waals surface area contributed by atoms with Gasteiger partial charge in [0, 0.05) is 39.3 Å². The Balaban J connectivity index is 3.64. The third-order valence-electron chi connectivity index (χ3n) is 3.23. The molecule has 0 heterocycles. The maximum absolute atomic E-state index is 12.1. The van der Waals surface area contributed by atoms with Gasteiger partial charge in [0.15, 0.2) is 0 Å². The number of rotatable bonds is 14. The van der Waals surface area contributed by atoms with Crippen molar-refractivity contribution in [1.82, 2.24) is 0 Å². The zero-order valence-electron chi connectivity index (χ0n) is 13.4. The summed E-state index contributed by atoms with van der Waals surface area (Å²) in [5, 5.41) is 0. The van der Waals surface area contributed by atoms with E-state index in [-0.39, 0.29) is 17.6 Å². The van der Waals surface area contributed by atoms with Gasteiger partial charge in [-0.15, -0.1) is 0 Å². The molecule has 5 nitrogen and oxygen atoms in total. The van der Waals surface area contributed by atoms with Crippen LogP contribution in [0.4, 0.5) is 0 Å². The van der Waals surface area contributed by atoms with Crippen molar-refractivity contribution in [3.63, 3.8) is 0 Å². The summed E-state index contributed by atoms with van der Waals surface area (Å²) >= 11 is 0. The van der Waals surface area contributed by atoms with Gasteiger partial charge in [0.2, 0.25) is 0 Å². The van der Waals surface area contributed by atoms with E-state index in [9.17, 15) is 4.79 Å². The Morgan fingerprint density at radius 1 is 0.750 bits per heavy atom. The number of ketones is 1. The highest BCUT2D eigenvalue weighted by molar-refractivity contribution is 5.82. The molecule has 0 aliphatic heterocycles. The van der Waals surface area contributed by atoms with Crippen LogP contribution in [0, 0.1) is 11.8 Å². The van der Waals surface area contributed by atoms with Crippen LogP contribution in [0.2, 0.25) is 0 Å². The van der Waals surface area contributed by atoms with Gasteiger partial charge in [-0.25, -0.2) is 0 Å². The minimum atomic E-state index is 0.0338. The summed E-state index contributed by atoms with van der Waals surface area (Å²) < 4.78 is 20.6. The van der Waals surface area contributed by atoms with Crippen LogP contribution in [0.3, 0.4) is 0 Å². The second-order valence-electron chi connectivity index (χ2n) is 4.99. The molecule has 0 aliphatic rings. The molecule has 0 amide bonds. The first-order valence-electron chi connectivity index (χ1n) is 7.30. The van der Waals surface area contributed by atoms with Gasteiger partial charge in [0.1, 0.15) is 5.78 Å². The highest BCUT2D eigenvalue weighted by Gasteiger charge is 2.19. The summed E-state index contributed by atoms with van der Waals surface area (Å²) in [5.74, 6) is 0.355. The largest absolute Gasteiger partial charge is 0.382 e. The molecule has 0 unspecified atom stereocenters. The molecule has 0 bridgehead atoms. The lowest BCUT2D eigenvalue weighted by Crippen LogP contribution is -2.22. The molecule has 0 N–H and O–H groups in total. The fourth-order valence-electron chi connectivity index (χ4n) is 1.78. The number of hydrogen-bond donors (Lipinski definition) is 0. The Bertz CT molecular complexity index is 210. The van der Waals surface area contributed by atoms with Gasteiger partial charge in [0.25, 0.3) is 0 Å². The standard InChI is InChI=1S/C15H30O5/c1-13(5-7-19-11-9-17-3)15(16)14(2)6-8-20-12-10-18-4/h13-14H,5-12H2,1-4H3/t13-,14-/m0/s1. The predicted molar refractivity (Wildman–Crippen MR) is 78.0 cm³/mol. The maximum Gasteiger partial charge on any atom is 0.138 e. The molecule has 120 valence electrons. The Morgan fingerprint density at radius 2 is 1.15 bits per heavy atom. The van der Waals surface area contributed by atoms with E-state index < -0.39 is 0 Å². The van der Waals surface area contributed by atoms with Crippen molar-refractivity contribution in [3.05, 3.63) is 0 Å². The number of carbonyl (C=O) groups is 1. The summed E-state index contributed by atoms with van der Waals surface area (Å²) in [6.45, 7) is 7.49. The molecule has 20 heavy (non-hydrogen) atoms. The zero-order valence-corrected chi connectivity index (χ0v) is 13.4. The van der Waals surface area contributed by atoms with E-state index in [0.29, 0.717) is 39.6 Å². The number of ether oxygens (including phenoxy) is 4. The van der Waals surface area contributed by atoms with Gasteiger partial charge in [-0.1, -0.05) is 13.8 Å². The lowest BCUT2D eigenvalue weighted by Gasteiger charge is -2.16. The molecule has 0 aromatic rings. The van der Waals surface area contributed by atoms with Gasteiger partial charge in [-0.05, 0) is 12.8 Å². The molecular weight excluding hydrogens is 260 g/mol. The Labute approximate surface area is 122 Å². The van der Waals surface area contributed by atoms with Crippen molar-refractivity contribution in [1.29, 1.82) is 0 Å². The molecule has 0 spiro atoms. The van der Waals surface area contributed by atoms with Crippen molar-refractivity contribution >= 4 is 5.78 Å². The van der Waals surface area contributed by atoms with E-state index in [0.717, 1.165) is 12.8 Å². The van der Waals surface area contributed by atoms with E-state index in [1.54, 1.807) is 14.2 Å². The molecule has 2 atom stereocenters. The predicted octanol–water partition coefficient (Wildman–Crippen LogP) is 1.93. The molecule has 0 fully saturated rings. The second kappa shape index (κ2) is 13.5. The first-order valence-corrected chi connectivity index (χ1v) is 7.30. The quantitative estimate of drug-likeness (QED) is 0.458. The van der Waals surface area contributed by atoms with Crippen LogP contribution in [0.1, 0.15) is 26.7 Å². The summed E-state index contributed by atoms with van der Waals surface area (Å²) in [4.78, 5) is 12.1. The first kappa shape index (κ1) is 19.5. The number of carbonyl (C=O) groups excluding carboxylic acids is 1. The van der Waals surface area contributed by atoms with Crippen LogP contribution in [-0.4, -0.2) is 59.6 Å². The topological polar surface area (TPSA) is 54.0 Å². The van der Waals surface area contributed by atoms with Crippen LogP contribution in [-0.2, 0) is 23.7 Å². The van der Waals surface area contributed by atoms with Crippen molar-refractivity contribution in [3.8, 4) is 0 Å². The maximum atomic E-state index is 12.1. The van der Waals surface area contributed by atoms with Gasteiger partial charge >= 0.3 is 0 Å². The average molecular weight is 290 g/mol. The molecule has 0 saturated carbocycles. The SMILES string of the molecule is COCCOCC[C@H](C)C(=O)[C@@H](C)CCOCCOC. The van der Waals surface area contributed by atoms with E-state index in [2.05, 4.69) is 0 Å². The molecular formula is C15H30O5. The Kier molecular flexibility index (Phi) is 13.2. The smallest absolute Gasteiger partial charge is 0.138 e. The summed E-state index contributed by atoms with van der Waals surface area (Å²) in [6, 6.07) is 0. The van der Waals surface area contributed by atoms with Crippen molar-refractivity contribution in [2.45, 2.75) is 26.7 Å². The molecule has 0 saturated heterocycles. The minimum Gasteiger partial charge on any atom is -0.382 e. The molecule has 0 aliphatic carbocycles. The van der Waals surface area contributed by atoms with E-state index in [1.165, 1.54) is 0 Å². The number of hydrogen-bond acceptors (Lipinski definition) is 5. The summed E-state index contributed by atoms with van der Waals surface area (Å²) in [6.07, 6.45) is 1.52. The highest BCUT2D eigenvalue weighted by atomic mass is 16.5.